The summed E-state index contributed by atoms with van der Waals surface area (Å²) in [5, 5.41) is 2.64. The fourth-order valence-corrected chi connectivity index (χ4v) is 17.8. The van der Waals surface area contributed by atoms with E-state index in [-0.39, 0.29) is 0 Å². The van der Waals surface area contributed by atoms with Gasteiger partial charge in [-0.2, -0.15) is 0 Å². The topological polar surface area (TPSA) is 44.5 Å². The van der Waals surface area contributed by atoms with Crippen LogP contribution >= 0.6 is 11.6 Å². The molecule has 0 bridgehead atoms. The van der Waals surface area contributed by atoms with Crippen LogP contribution in [-0.4, -0.2) is 16.6 Å². The summed E-state index contributed by atoms with van der Waals surface area (Å²) in [6, 6.07) is 8.37. The number of nitrogens with two attached hydrogens (primary N) is 1. The molecule has 0 heterocycles. The lowest BCUT2D eigenvalue weighted by molar-refractivity contribution is 0.267. The normalized spacial score (nSPS) is 13.5. The average Bonchev–Trinajstić information content (AvgIpc) is 2.74. The van der Waals surface area contributed by atoms with Crippen molar-refractivity contribution in [2.75, 3.05) is 5.73 Å². The molecule has 0 aliphatic carbocycles. The molecule has 2 N–H and O–H groups in total. The van der Waals surface area contributed by atoms with Crippen LogP contribution in [0.3, 0.4) is 0 Å². The van der Waals surface area contributed by atoms with Gasteiger partial charge in [-0.1, -0.05) is 101 Å². The first-order chi connectivity index (χ1) is 16.1. The first kappa shape index (κ1) is 30.2. The maximum absolute atomic E-state index is 6.95. The molecule has 0 radical (unpaired) electrons. The number of halogens is 1. The molecule has 0 aliphatic heterocycles. The van der Waals surface area contributed by atoms with Crippen LogP contribution < -0.4 is 10.2 Å². The van der Waals surface area contributed by atoms with Gasteiger partial charge in [0.2, 0.25) is 8.32 Å². The van der Waals surface area contributed by atoms with Crippen LogP contribution in [-0.2, 0) is 11.0 Å². The lowest BCUT2D eigenvalue weighted by Crippen LogP contribution is -2.50. The summed E-state index contributed by atoms with van der Waals surface area (Å²) in [5.41, 5.74) is 11.3. The highest BCUT2D eigenvalue weighted by Crippen LogP contribution is 2.45. The van der Waals surface area contributed by atoms with E-state index in [0.29, 0.717) is 50.6 Å². The van der Waals surface area contributed by atoms with Crippen molar-refractivity contribution in [3.05, 3.63) is 34.9 Å². The van der Waals surface area contributed by atoms with Crippen LogP contribution in [0.4, 0.5) is 5.69 Å². The summed E-state index contributed by atoms with van der Waals surface area (Å²) in [6.07, 6.45) is 0. The number of benzene rings is 2. The minimum atomic E-state index is -2.07. The number of hydrogen-bond acceptors (Lipinski definition) is 3. The van der Waals surface area contributed by atoms with Crippen LogP contribution in [0.25, 0.3) is 10.8 Å². The van der Waals surface area contributed by atoms with Gasteiger partial charge in [0.1, 0.15) is 5.75 Å². The third-order valence-electron chi connectivity index (χ3n) is 8.37. The number of fused-ring (bicyclic) bond motifs is 1. The van der Waals surface area contributed by atoms with Crippen molar-refractivity contribution in [2.45, 2.75) is 123 Å². The smallest absolute Gasteiger partial charge is 0.258 e. The van der Waals surface area contributed by atoms with E-state index in [1.807, 2.05) is 6.07 Å². The zero-order chi connectivity index (χ0) is 26.9. The quantitative estimate of drug-likeness (QED) is 0.230. The first-order valence-electron chi connectivity index (χ1n) is 13.5. The van der Waals surface area contributed by atoms with Gasteiger partial charge in [-0.05, 0) is 62.4 Å². The predicted molar refractivity (Wildman–Crippen MR) is 161 cm³/mol. The SMILES string of the molecule is CC(C)[Si](OCc1cc(Cl)c(N)c2cc(O[Si](C(C)C)(C(C)C)C(C)C)ccc12)(C(C)C)C(C)C. The van der Waals surface area contributed by atoms with E-state index in [4.69, 9.17) is 26.2 Å². The van der Waals surface area contributed by atoms with Crippen LogP contribution in [0.15, 0.2) is 24.3 Å². The zero-order valence-corrected chi connectivity index (χ0v) is 27.0. The summed E-state index contributed by atoms with van der Waals surface area (Å²) in [7, 11) is -4.07. The van der Waals surface area contributed by atoms with Gasteiger partial charge in [-0.15, -0.1) is 0 Å². The van der Waals surface area contributed by atoms with E-state index in [9.17, 15) is 0 Å². The Kier molecular flexibility index (Phi) is 9.99. The van der Waals surface area contributed by atoms with Gasteiger partial charge in [-0.25, -0.2) is 0 Å². The molecule has 3 nitrogen and oxygen atoms in total. The molecule has 0 amide bonds. The van der Waals surface area contributed by atoms with E-state index in [2.05, 4.69) is 101 Å². The fourth-order valence-electron chi connectivity index (χ4n) is 6.91. The Bertz CT molecular complexity index is 958. The standard InChI is InChI=1S/C29H50ClNO2Si2/c1-18(2)34(19(3)4,20(5)6)32-17-24-15-28(30)29(31)27-16-25(13-14-26(24)27)33-35(21(7)8,22(9)10)23(11)12/h13-16,18-23H,17,31H2,1-12H3. The van der Waals surface area contributed by atoms with Crippen molar-refractivity contribution in [1.29, 1.82) is 0 Å². The summed E-state index contributed by atoms with van der Waals surface area (Å²) >= 11 is 6.67. The Morgan fingerprint density at radius 2 is 1.14 bits per heavy atom. The van der Waals surface area contributed by atoms with Crippen molar-refractivity contribution >= 4 is 44.7 Å². The molecule has 0 spiro atoms. The lowest BCUT2D eigenvalue weighted by atomic mass is 10.0. The van der Waals surface area contributed by atoms with Gasteiger partial charge >= 0.3 is 0 Å². The molecule has 0 unspecified atom stereocenters. The molecular weight excluding hydrogens is 486 g/mol. The second-order valence-electron chi connectivity index (χ2n) is 12.2. The molecule has 35 heavy (non-hydrogen) atoms. The molecule has 2 aromatic carbocycles. The Morgan fingerprint density at radius 1 is 0.686 bits per heavy atom. The Labute approximate surface area is 222 Å². The van der Waals surface area contributed by atoms with E-state index >= 15 is 0 Å². The number of anilines is 1. The molecule has 0 aromatic heterocycles. The van der Waals surface area contributed by atoms with Gasteiger partial charge < -0.3 is 14.6 Å². The number of rotatable bonds is 11. The molecule has 0 atom stereocenters. The summed E-state index contributed by atoms with van der Waals surface area (Å²) in [6.45, 7) is 28.3. The van der Waals surface area contributed by atoms with Crippen LogP contribution in [0.2, 0.25) is 38.3 Å². The maximum Gasteiger partial charge on any atom is 0.258 e. The van der Waals surface area contributed by atoms with Gasteiger partial charge in [-0.3, -0.25) is 0 Å². The van der Waals surface area contributed by atoms with E-state index in [1.165, 1.54) is 0 Å². The molecule has 0 saturated heterocycles. The third-order valence-corrected chi connectivity index (χ3v) is 20.7. The monoisotopic (exact) mass is 535 g/mol. The van der Waals surface area contributed by atoms with E-state index in [0.717, 1.165) is 22.1 Å². The van der Waals surface area contributed by atoms with Gasteiger partial charge in [0, 0.05) is 5.39 Å². The van der Waals surface area contributed by atoms with Crippen molar-refractivity contribution in [2.24, 2.45) is 0 Å². The van der Waals surface area contributed by atoms with Crippen LogP contribution in [0.1, 0.15) is 88.6 Å². The van der Waals surface area contributed by atoms with E-state index < -0.39 is 16.6 Å². The number of hydrogen-bond donors (Lipinski definition) is 1. The minimum Gasteiger partial charge on any atom is -0.543 e. The largest absolute Gasteiger partial charge is 0.543 e. The summed E-state index contributed by atoms with van der Waals surface area (Å²) in [4.78, 5) is 0. The molecule has 2 rings (SSSR count). The molecule has 0 aliphatic rings. The van der Waals surface area contributed by atoms with Crippen molar-refractivity contribution in [1.82, 2.24) is 0 Å². The molecule has 6 heteroatoms. The second kappa shape index (κ2) is 11.6. The zero-order valence-electron chi connectivity index (χ0n) is 24.3. The van der Waals surface area contributed by atoms with Crippen LogP contribution in [0.5, 0.6) is 5.75 Å². The van der Waals surface area contributed by atoms with Crippen molar-refractivity contribution in [3.8, 4) is 5.75 Å². The Balaban J connectivity index is 2.57. The van der Waals surface area contributed by atoms with Crippen molar-refractivity contribution in [3.63, 3.8) is 0 Å². The highest BCUT2D eigenvalue weighted by Gasteiger charge is 2.47. The van der Waals surface area contributed by atoms with Gasteiger partial charge in [0.15, 0.2) is 0 Å². The average molecular weight is 536 g/mol. The second-order valence-corrected chi connectivity index (χ2v) is 23.4. The molecule has 0 fully saturated rings. The molecule has 2 aromatic rings. The fraction of sp³-hybridized carbons (Fsp3) is 0.655. The molecular formula is C29H50ClNO2Si2. The van der Waals surface area contributed by atoms with Gasteiger partial charge in [0.25, 0.3) is 8.32 Å². The third kappa shape index (κ3) is 5.63. The highest BCUT2D eigenvalue weighted by atomic mass is 35.5. The summed E-state index contributed by atoms with van der Waals surface area (Å²) < 4.78 is 13.9. The van der Waals surface area contributed by atoms with Crippen molar-refractivity contribution < 1.29 is 8.85 Å². The molecule has 0 saturated carbocycles. The molecule has 198 valence electrons. The highest BCUT2D eigenvalue weighted by molar-refractivity contribution is 6.78. The maximum atomic E-state index is 6.95. The minimum absolute atomic E-state index is 0.500. The Hall–Kier alpha value is -1.02. The Morgan fingerprint density at radius 3 is 1.57 bits per heavy atom. The first-order valence-corrected chi connectivity index (χ1v) is 18.1. The number of nitrogen functional groups attached to an aromatic ring is 1. The van der Waals surface area contributed by atoms with E-state index in [1.54, 1.807) is 0 Å². The summed E-state index contributed by atoms with van der Waals surface area (Å²) in [5.74, 6) is 0.899. The predicted octanol–water partition coefficient (Wildman–Crippen LogP) is 10.3. The lowest BCUT2D eigenvalue weighted by Gasteiger charge is -2.42. The van der Waals surface area contributed by atoms with Crippen LogP contribution in [0, 0.1) is 0 Å². The van der Waals surface area contributed by atoms with Gasteiger partial charge in [0.05, 0.1) is 17.3 Å².